The van der Waals surface area contributed by atoms with Crippen LogP contribution in [0, 0.1) is 18.3 Å². The molecule has 0 aliphatic heterocycles. The molecule has 1 aromatic carbocycles. The molecule has 4 heteroatoms. The molecule has 2 heterocycles. The molecule has 0 saturated heterocycles. The van der Waals surface area contributed by atoms with Crippen LogP contribution in [0.15, 0.2) is 34.9 Å². The van der Waals surface area contributed by atoms with E-state index in [4.69, 9.17) is 14.7 Å². The minimum Gasteiger partial charge on any atom is -0.461 e. The third kappa shape index (κ3) is 2.11. The van der Waals surface area contributed by atoms with E-state index < -0.39 is 0 Å². The molecule has 0 bridgehead atoms. The number of rotatable bonds is 1. The fourth-order valence-electron chi connectivity index (χ4n) is 2.58. The number of nitriles is 1. The summed E-state index contributed by atoms with van der Waals surface area (Å²) in [7, 11) is 0. The standard InChI is InChI=1S/C17H17N3O/c1-11-7-8-21-15(11)16-19-13-9-12(10-18)5-6-14(13)20(16)17(2,3)4/h5-9H,1-4H3. The lowest BCUT2D eigenvalue weighted by Gasteiger charge is -2.24. The van der Waals surface area contributed by atoms with Gasteiger partial charge in [0.05, 0.1) is 28.9 Å². The normalized spacial score (nSPS) is 11.8. The summed E-state index contributed by atoms with van der Waals surface area (Å²) in [6.45, 7) is 8.40. The molecule has 0 saturated carbocycles. The van der Waals surface area contributed by atoms with Crippen LogP contribution in [0.3, 0.4) is 0 Å². The zero-order valence-electron chi connectivity index (χ0n) is 12.6. The van der Waals surface area contributed by atoms with E-state index in [9.17, 15) is 0 Å². The largest absolute Gasteiger partial charge is 0.461 e. The highest BCUT2D eigenvalue weighted by atomic mass is 16.3. The molecule has 0 aliphatic rings. The van der Waals surface area contributed by atoms with Crippen LogP contribution < -0.4 is 0 Å². The molecule has 0 unspecified atom stereocenters. The number of benzene rings is 1. The summed E-state index contributed by atoms with van der Waals surface area (Å²) in [4.78, 5) is 4.71. The molecular formula is C17H17N3O. The van der Waals surface area contributed by atoms with Crippen LogP contribution in [-0.2, 0) is 5.54 Å². The topological polar surface area (TPSA) is 54.8 Å². The van der Waals surface area contributed by atoms with Crippen LogP contribution >= 0.6 is 0 Å². The Morgan fingerprint density at radius 2 is 2.00 bits per heavy atom. The van der Waals surface area contributed by atoms with Crippen molar-refractivity contribution in [2.75, 3.05) is 0 Å². The van der Waals surface area contributed by atoms with Crippen LogP contribution in [-0.4, -0.2) is 9.55 Å². The molecule has 3 aromatic rings. The Bertz CT molecular complexity index is 856. The maximum atomic E-state index is 9.06. The van der Waals surface area contributed by atoms with Gasteiger partial charge in [-0.3, -0.25) is 0 Å². The zero-order chi connectivity index (χ0) is 15.2. The lowest BCUT2D eigenvalue weighted by atomic mass is 10.1. The Balaban J connectivity index is 2.39. The molecule has 2 aromatic heterocycles. The number of aryl methyl sites for hydroxylation is 1. The first-order valence-corrected chi connectivity index (χ1v) is 6.89. The van der Waals surface area contributed by atoms with Gasteiger partial charge < -0.3 is 8.98 Å². The van der Waals surface area contributed by atoms with Crippen LogP contribution in [0.5, 0.6) is 0 Å². The van der Waals surface area contributed by atoms with Crippen LogP contribution in [0.2, 0.25) is 0 Å². The second kappa shape index (κ2) is 4.49. The average Bonchev–Trinajstić information content (AvgIpc) is 2.99. The summed E-state index contributed by atoms with van der Waals surface area (Å²) in [6, 6.07) is 9.69. The highest BCUT2D eigenvalue weighted by molar-refractivity contribution is 5.82. The molecule has 0 radical (unpaired) electrons. The van der Waals surface area contributed by atoms with E-state index in [1.807, 2.05) is 31.2 Å². The summed E-state index contributed by atoms with van der Waals surface area (Å²) >= 11 is 0. The van der Waals surface area contributed by atoms with Crippen molar-refractivity contribution in [3.8, 4) is 17.7 Å². The number of aromatic nitrogens is 2. The quantitative estimate of drug-likeness (QED) is 0.669. The van der Waals surface area contributed by atoms with Crippen LogP contribution in [0.25, 0.3) is 22.6 Å². The van der Waals surface area contributed by atoms with Crippen LogP contribution in [0.1, 0.15) is 31.9 Å². The van der Waals surface area contributed by atoms with Crippen molar-refractivity contribution in [2.24, 2.45) is 0 Å². The second-order valence-electron chi connectivity index (χ2n) is 6.19. The van der Waals surface area contributed by atoms with Crippen LogP contribution in [0.4, 0.5) is 0 Å². The van der Waals surface area contributed by atoms with E-state index in [1.165, 1.54) is 0 Å². The summed E-state index contributed by atoms with van der Waals surface area (Å²) < 4.78 is 7.79. The number of nitrogens with zero attached hydrogens (tertiary/aromatic N) is 3. The molecule has 0 atom stereocenters. The SMILES string of the molecule is Cc1ccoc1-c1nc2cc(C#N)ccc2n1C(C)(C)C. The molecule has 21 heavy (non-hydrogen) atoms. The fraction of sp³-hybridized carbons (Fsp3) is 0.294. The van der Waals surface area contributed by atoms with Gasteiger partial charge in [-0.2, -0.15) is 5.26 Å². The van der Waals surface area contributed by atoms with Gasteiger partial charge in [0.25, 0.3) is 0 Å². The van der Waals surface area contributed by atoms with Crippen molar-refractivity contribution in [3.05, 3.63) is 41.7 Å². The van der Waals surface area contributed by atoms with Gasteiger partial charge >= 0.3 is 0 Å². The minimum absolute atomic E-state index is 0.141. The van der Waals surface area contributed by atoms with E-state index in [0.29, 0.717) is 5.56 Å². The molecule has 3 rings (SSSR count). The monoisotopic (exact) mass is 279 g/mol. The molecule has 0 aliphatic carbocycles. The van der Waals surface area contributed by atoms with E-state index in [-0.39, 0.29) is 5.54 Å². The first-order valence-electron chi connectivity index (χ1n) is 6.89. The lowest BCUT2D eigenvalue weighted by molar-refractivity contribution is 0.408. The number of hydrogen-bond donors (Lipinski definition) is 0. The Morgan fingerprint density at radius 3 is 2.57 bits per heavy atom. The van der Waals surface area contributed by atoms with Gasteiger partial charge in [0.15, 0.2) is 11.6 Å². The Hall–Kier alpha value is -2.54. The van der Waals surface area contributed by atoms with Gasteiger partial charge in [0.1, 0.15) is 0 Å². The maximum Gasteiger partial charge on any atom is 0.178 e. The summed E-state index contributed by atoms with van der Waals surface area (Å²) in [5.74, 6) is 1.58. The number of furan rings is 1. The smallest absolute Gasteiger partial charge is 0.178 e. The van der Waals surface area contributed by atoms with E-state index >= 15 is 0 Å². The second-order valence-corrected chi connectivity index (χ2v) is 6.19. The van der Waals surface area contributed by atoms with Crippen molar-refractivity contribution in [1.29, 1.82) is 5.26 Å². The Kier molecular flexibility index (Phi) is 2.87. The van der Waals surface area contributed by atoms with Crippen molar-refractivity contribution in [1.82, 2.24) is 9.55 Å². The predicted molar refractivity (Wildman–Crippen MR) is 81.9 cm³/mol. The summed E-state index contributed by atoms with van der Waals surface area (Å²) in [5.41, 5.74) is 3.35. The van der Waals surface area contributed by atoms with Gasteiger partial charge in [0.2, 0.25) is 0 Å². The molecule has 0 amide bonds. The molecule has 4 nitrogen and oxygen atoms in total. The third-order valence-corrected chi connectivity index (χ3v) is 3.52. The van der Waals surface area contributed by atoms with Crippen molar-refractivity contribution in [2.45, 2.75) is 33.2 Å². The number of imidazole rings is 1. The Labute approximate surface area is 123 Å². The highest BCUT2D eigenvalue weighted by Crippen LogP contribution is 2.33. The highest BCUT2D eigenvalue weighted by Gasteiger charge is 2.24. The van der Waals surface area contributed by atoms with Gasteiger partial charge in [-0.05, 0) is 57.5 Å². The molecule has 106 valence electrons. The number of hydrogen-bond acceptors (Lipinski definition) is 3. The number of fused-ring (bicyclic) bond motifs is 1. The summed E-state index contributed by atoms with van der Waals surface area (Å²) in [5, 5.41) is 9.06. The average molecular weight is 279 g/mol. The zero-order valence-corrected chi connectivity index (χ0v) is 12.6. The molecule has 0 fully saturated rings. The van der Waals surface area contributed by atoms with Gasteiger partial charge in [-0.1, -0.05) is 0 Å². The predicted octanol–water partition coefficient (Wildman–Crippen LogP) is 4.23. The Morgan fingerprint density at radius 1 is 1.24 bits per heavy atom. The fourth-order valence-corrected chi connectivity index (χ4v) is 2.58. The molecule has 0 N–H and O–H groups in total. The minimum atomic E-state index is -0.141. The molecular weight excluding hydrogens is 262 g/mol. The van der Waals surface area contributed by atoms with Crippen molar-refractivity contribution in [3.63, 3.8) is 0 Å². The first kappa shape index (κ1) is 13.4. The van der Waals surface area contributed by atoms with E-state index in [0.717, 1.165) is 28.2 Å². The van der Waals surface area contributed by atoms with Gasteiger partial charge in [-0.25, -0.2) is 4.98 Å². The van der Waals surface area contributed by atoms with Crippen molar-refractivity contribution >= 4 is 11.0 Å². The third-order valence-electron chi connectivity index (χ3n) is 3.52. The first-order chi connectivity index (χ1) is 9.91. The maximum absolute atomic E-state index is 9.06. The van der Waals surface area contributed by atoms with Crippen molar-refractivity contribution < 1.29 is 4.42 Å². The summed E-state index contributed by atoms with van der Waals surface area (Å²) in [6.07, 6.45) is 1.68. The van der Waals surface area contributed by atoms with Gasteiger partial charge in [0, 0.05) is 5.54 Å². The molecule has 0 spiro atoms. The van der Waals surface area contributed by atoms with E-state index in [2.05, 4.69) is 31.4 Å². The van der Waals surface area contributed by atoms with E-state index in [1.54, 1.807) is 6.26 Å². The van der Waals surface area contributed by atoms with Gasteiger partial charge in [-0.15, -0.1) is 0 Å². The lowest BCUT2D eigenvalue weighted by Crippen LogP contribution is -2.22.